The molecule has 2 rings (SSSR count). The van der Waals surface area contributed by atoms with Gasteiger partial charge in [0.2, 0.25) is 0 Å². The van der Waals surface area contributed by atoms with Crippen LogP contribution in [0.3, 0.4) is 0 Å². The second-order valence-corrected chi connectivity index (χ2v) is 4.73. The number of aryl methyl sites for hydroxylation is 1. The molecule has 0 radical (unpaired) electrons. The molecular formula is C11H15BrClN. The smallest absolute Gasteiger partial charge is 0.0323 e. The van der Waals surface area contributed by atoms with Crippen LogP contribution in [0.2, 0.25) is 0 Å². The minimum Gasteiger partial charge on any atom is -0.324 e. The first-order valence-corrected chi connectivity index (χ1v) is 5.49. The first-order valence-electron chi connectivity index (χ1n) is 4.70. The van der Waals surface area contributed by atoms with Crippen LogP contribution in [0, 0.1) is 12.8 Å². The van der Waals surface area contributed by atoms with Gasteiger partial charge < -0.3 is 5.73 Å². The van der Waals surface area contributed by atoms with Gasteiger partial charge in [0.15, 0.2) is 0 Å². The predicted octanol–water partition coefficient (Wildman–Crippen LogP) is 3.59. The maximum absolute atomic E-state index is 6.10. The van der Waals surface area contributed by atoms with E-state index in [4.69, 9.17) is 5.73 Å². The Balaban J connectivity index is 0.000000980. The molecule has 2 N–H and O–H groups in total. The van der Waals surface area contributed by atoms with Gasteiger partial charge in [0.05, 0.1) is 0 Å². The largest absolute Gasteiger partial charge is 0.324 e. The van der Waals surface area contributed by atoms with E-state index in [1.165, 1.54) is 28.4 Å². The SMILES string of the molecule is Cc1cc([C@@H](N)C2CC2)ccc1Br.Cl. The lowest BCUT2D eigenvalue weighted by Crippen LogP contribution is -2.12. The maximum Gasteiger partial charge on any atom is 0.0323 e. The average Bonchev–Trinajstić information content (AvgIpc) is 2.91. The molecule has 1 aromatic rings. The molecule has 1 saturated carbocycles. The first-order chi connectivity index (χ1) is 6.18. The minimum absolute atomic E-state index is 0. The standard InChI is InChI=1S/C11H14BrN.ClH/c1-7-6-9(4-5-10(7)12)11(13)8-2-3-8;/h4-6,8,11H,2-3,13H2,1H3;1H/t11-;/m0./s1. The fourth-order valence-corrected chi connectivity index (χ4v) is 1.85. The summed E-state index contributed by atoms with van der Waals surface area (Å²) >= 11 is 3.49. The molecule has 1 nitrogen and oxygen atoms in total. The van der Waals surface area contributed by atoms with Gasteiger partial charge in [-0.3, -0.25) is 0 Å². The molecule has 0 amide bonds. The second-order valence-electron chi connectivity index (χ2n) is 3.87. The van der Waals surface area contributed by atoms with Gasteiger partial charge in [-0.2, -0.15) is 0 Å². The fourth-order valence-electron chi connectivity index (χ4n) is 1.60. The Labute approximate surface area is 99.6 Å². The van der Waals surface area contributed by atoms with Crippen LogP contribution in [0.1, 0.15) is 30.0 Å². The Hall–Kier alpha value is -0.0500. The molecule has 0 bridgehead atoms. The zero-order valence-corrected chi connectivity index (χ0v) is 10.6. The third kappa shape index (κ3) is 2.50. The van der Waals surface area contributed by atoms with Gasteiger partial charge >= 0.3 is 0 Å². The highest BCUT2D eigenvalue weighted by Gasteiger charge is 2.29. The number of rotatable bonds is 2. The summed E-state index contributed by atoms with van der Waals surface area (Å²) in [7, 11) is 0. The minimum atomic E-state index is 0. The zero-order chi connectivity index (χ0) is 9.42. The Bertz CT molecular complexity index is 323. The third-order valence-corrected chi connectivity index (χ3v) is 3.59. The average molecular weight is 277 g/mol. The summed E-state index contributed by atoms with van der Waals surface area (Å²) in [5.74, 6) is 0.737. The summed E-state index contributed by atoms with van der Waals surface area (Å²) in [4.78, 5) is 0. The van der Waals surface area contributed by atoms with Crippen molar-refractivity contribution in [1.82, 2.24) is 0 Å². The van der Waals surface area contributed by atoms with Crippen molar-refractivity contribution in [1.29, 1.82) is 0 Å². The Morgan fingerprint density at radius 3 is 2.57 bits per heavy atom. The molecule has 0 saturated heterocycles. The molecule has 1 fully saturated rings. The summed E-state index contributed by atoms with van der Waals surface area (Å²) < 4.78 is 1.17. The first kappa shape index (κ1) is 12.0. The van der Waals surface area contributed by atoms with E-state index in [2.05, 4.69) is 41.1 Å². The molecule has 0 unspecified atom stereocenters. The monoisotopic (exact) mass is 275 g/mol. The van der Waals surface area contributed by atoms with E-state index in [-0.39, 0.29) is 18.4 Å². The normalized spacial score (nSPS) is 17.4. The molecular weight excluding hydrogens is 261 g/mol. The second kappa shape index (κ2) is 4.65. The predicted molar refractivity (Wildman–Crippen MR) is 65.8 cm³/mol. The van der Waals surface area contributed by atoms with E-state index < -0.39 is 0 Å². The topological polar surface area (TPSA) is 26.0 Å². The number of benzene rings is 1. The van der Waals surface area contributed by atoms with Gasteiger partial charge in [-0.15, -0.1) is 12.4 Å². The highest BCUT2D eigenvalue weighted by molar-refractivity contribution is 9.10. The number of hydrogen-bond donors (Lipinski definition) is 1. The molecule has 78 valence electrons. The molecule has 1 atom stereocenters. The highest BCUT2D eigenvalue weighted by Crippen LogP contribution is 2.39. The number of halogens is 2. The van der Waals surface area contributed by atoms with Crippen LogP contribution in [0.5, 0.6) is 0 Å². The van der Waals surface area contributed by atoms with Crippen LogP contribution in [0.15, 0.2) is 22.7 Å². The number of hydrogen-bond acceptors (Lipinski definition) is 1. The molecule has 0 heterocycles. The van der Waals surface area contributed by atoms with Gasteiger partial charge in [-0.25, -0.2) is 0 Å². The van der Waals surface area contributed by atoms with Crippen molar-refractivity contribution in [2.24, 2.45) is 11.7 Å². The molecule has 1 aromatic carbocycles. The summed E-state index contributed by atoms with van der Waals surface area (Å²) in [5, 5.41) is 0. The highest BCUT2D eigenvalue weighted by atomic mass is 79.9. The summed E-state index contributed by atoms with van der Waals surface area (Å²) in [6.45, 7) is 2.10. The fraction of sp³-hybridized carbons (Fsp3) is 0.455. The Morgan fingerprint density at radius 2 is 2.07 bits per heavy atom. The van der Waals surface area contributed by atoms with E-state index in [1.807, 2.05) is 0 Å². The summed E-state index contributed by atoms with van der Waals surface area (Å²) in [6, 6.07) is 6.66. The molecule has 0 spiro atoms. The van der Waals surface area contributed by atoms with Crippen molar-refractivity contribution < 1.29 is 0 Å². The zero-order valence-electron chi connectivity index (χ0n) is 8.16. The quantitative estimate of drug-likeness (QED) is 0.878. The van der Waals surface area contributed by atoms with Crippen molar-refractivity contribution in [2.75, 3.05) is 0 Å². The Morgan fingerprint density at radius 1 is 1.43 bits per heavy atom. The van der Waals surface area contributed by atoms with E-state index in [9.17, 15) is 0 Å². The van der Waals surface area contributed by atoms with Crippen molar-refractivity contribution in [3.8, 4) is 0 Å². The lowest BCUT2D eigenvalue weighted by atomic mass is 10.0. The lowest BCUT2D eigenvalue weighted by Gasteiger charge is -2.11. The van der Waals surface area contributed by atoms with Gasteiger partial charge in [-0.05, 0) is 42.9 Å². The molecule has 3 heteroatoms. The van der Waals surface area contributed by atoms with Gasteiger partial charge in [0, 0.05) is 10.5 Å². The van der Waals surface area contributed by atoms with Crippen molar-refractivity contribution in [2.45, 2.75) is 25.8 Å². The molecule has 14 heavy (non-hydrogen) atoms. The van der Waals surface area contributed by atoms with E-state index in [0.717, 1.165) is 5.92 Å². The molecule has 1 aliphatic rings. The molecule has 1 aliphatic carbocycles. The Kier molecular flexibility index (Phi) is 3.99. The van der Waals surface area contributed by atoms with Crippen LogP contribution >= 0.6 is 28.3 Å². The van der Waals surface area contributed by atoms with Gasteiger partial charge in [0.25, 0.3) is 0 Å². The number of nitrogens with two attached hydrogens (primary N) is 1. The van der Waals surface area contributed by atoms with Gasteiger partial charge in [-0.1, -0.05) is 28.1 Å². The van der Waals surface area contributed by atoms with Crippen molar-refractivity contribution in [3.05, 3.63) is 33.8 Å². The summed E-state index contributed by atoms with van der Waals surface area (Å²) in [6.07, 6.45) is 2.60. The van der Waals surface area contributed by atoms with Crippen LogP contribution in [-0.4, -0.2) is 0 Å². The van der Waals surface area contributed by atoms with Crippen LogP contribution < -0.4 is 5.73 Å². The van der Waals surface area contributed by atoms with Crippen molar-refractivity contribution in [3.63, 3.8) is 0 Å². The maximum atomic E-state index is 6.10. The molecule has 0 aliphatic heterocycles. The van der Waals surface area contributed by atoms with E-state index >= 15 is 0 Å². The van der Waals surface area contributed by atoms with Gasteiger partial charge in [0.1, 0.15) is 0 Å². The molecule has 0 aromatic heterocycles. The van der Waals surface area contributed by atoms with Crippen molar-refractivity contribution >= 4 is 28.3 Å². The van der Waals surface area contributed by atoms with Crippen LogP contribution in [-0.2, 0) is 0 Å². The van der Waals surface area contributed by atoms with Crippen LogP contribution in [0.25, 0.3) is 0 Å². The van der Waals surface area contributed by atoms with Crippen LogP contribution in [0.4, 0.5) is 0 Å². The summed E-state index contributed by atoms with van der Waals surface area (Å²) in [5.41, 5.74) is 8.66. The lowest BCUT2D eigenvalue weighted by molar-refractivity contribution is 0.633. The van der Waals surface area contributed by atoms with E-state index in [0.29, 0.717) is 0 Å². The third-order valence-electron chi connectivity index (χ3n) is 2.70. The van der Waals surface area contributed by atoms with E-state index in [1.54, 1.807) is 0 Å².